The van der Waals surface area contributed by atoms with Crippen LogP contribution in [0, 0.1) is 0 Å². The average molecular weight is 243 g/mol. The SMILES string of the molecule is Cn1ccc(S(=O)(=O)NCC2CCCN2)c1. The highest BCUT2D eigenvalue weighted by Crippen LogP contribution is 2.09. The molecule has 2 N–H and O–H groups in total. The second-order valence-corrected chi connectivity index (χ2v) is 5.92. The number of nitrogens with one attached hydrogen (secondary N) is 2. The summed E-state index contributed by atoms with van der Waals surface area (Å²) in [6.45, 7) is 1.45. The van der Waals surface area contributed by atoms with Gasteiger partial charge in [-0.05, 0) is 25.5 Å². The molecule has 1 saturated heterocycles. The van der Waals surface area contributed by atoms with Crippen LogP contribution in [-0.2, 0) is 17.1 Å². The summed E-state index contributed by atoms with van der Waals surface area (Å²) in [5.74, 6) is 0. The molecule has 2 rings (SSSR count). The first kappa shape index (κ1) is 11.6. The molecule has 0 amide bonds. The van der Waals surface area contributed by atoms with Crippen LogP contribution in [0.1, 0.15) is 12.8 Å². The second-order valence-electron chi connectivity index (χ2n) is 4.16. The molecule has 1 atom stereocenters. The lowest BCUT2D eigenvalue weighted by atomic mass is 10.2. The molecule has 0 bridgehead atoms. The molecule has 0 radical (unpaired) electrons. The first-order valence-corrected chi connectivity index (χ1v) is 6.91. The summed E-state index contributed by atoms with van der Waals surface area (Å²) >= 11 is 0. The summed E-state index contributed by atoms with van der Waals surface area (Å²) in [5, 5.41) is 3.25. The first-order chi connectivity index (χ1) is 7.58. The maximum atomic E-state index is 11.8. The number of aryl methyl sites for hydroxylation is 1. The molecule has 6 heteroatoms. The number of rotatable bonds is 4. The van der Waals surface area contributed by atoms with Crippen molar-refractivity contribution in [3.05, 3.63) is 18.5 Å². The average Bonchev–Trinajstić information content (AvgIpc) is 2.85. The van der Waals surface area contributed by atoms with Gasteiger partial charge >= 0.3 is 0 Å². The van der Waals surface area contributed by atoms with Gasteiger partial charge in [-0.3, -0.25) is 0 Å². The van der Waals surface area contributed by atoms with Crippen LogP contribution in [0.25, 0.3) is 0 Å². The van der Waals surface area contributed by atoms with E-state index in [1.807, 2.05) is 0 Å². The number of hydrogen-bond acceptors (Lipinski definition) is 3. The standard InChI is InChI=1S/C10H17N3O2S/c1-13-6-4-10(8-13)16(14,15)12-7-9-3-2-5-11-9/h4,6,8-9,11-12H,2-3,5,7H2,1H3. The number of sulfonamides is 1. The van der Waals surface area contributed by atoms with Crippen LogP contribution < -0.4 is 10.0 Å². The van der Waals surface area contributed by atoms with Crippen molar-refractivity contribution >= 4 is 10.0 Å². The molecule has 5 nitrogen and oxygen atoms in total. The summed E-state index contributed by atoms with van der Waals surface area (Å²) < 4.78 is 28.1. The number of aromatic nitrogens is 1. The van der Waals surface area contributed by atoms with Gasteiger partial charge in [0, 0.05) is 32.0 Å². The van der Waals surface area contributed by atoms with E-state index in [0.717, 1.165) is 19.4 Å². The fourth-order valence-electron chi connectivity index (χ4n) is 1.86. The van der Waals surface area contributed by atoms with E-state index in [9.17, 15) is 8.42 Å². The summed E-state index contributed by atoms with van der Waals surface area (Å²) in [6.07, 6.45) is 5.49. The van der Waals surface area contributed by atoms with Gasteiger partial charge in [-0.1, -0.05) is 0 Å². The topological polar surface area (TPSA) is 63.1 Å². The van der Waals surface area contributed by atoms with Crippen molar-refractivity contribution in [3.63, 3.8) is 0 Å². The molecule has 0 aliphatic carbocycles. The molecule has 16 heavy (non-hydrogen) atoms. The molecule has 1 unspecified atom stereocenters. The van der Waals surface area contributed by atoms with Crippen LogP contribution in [0.5, 0.6) is 0 Å². The molecular weight excluding hydrogens is 226 g/mol. The Morgan fingerprint density at radius 2 is 2.44 bits per heavy atom. The lowest BCUT2D eigenvalue weighted by Crippen LogP contribution is -2.37. The predicted octanol–water partition coefficient (Wildman–Crippen LogP) is 0.0554. The lowest BCUT2D eigenvalue weighted by molar-refractivity contribution is 0.551. The van der Waals surface area contributed by atoms with E-state index in [1.165, 1.54) is 0 Å². The van der Waals surface area contributed by atoms with Crippen LogP contribution in [0.3, 0.4) is 0 Å². The fourth-order valence-corrected chi connectivity index (χ4v) is 2.99. The van der Waals surface area contributed by atoms with Gasteiger partial charge in [0.25, 0.3) is 0 Å². The van der Waals surface area contributed by atoms with Gasteiger partial charge in [-0.25, -0.2) is 13.1 Å². The van der Waals surface area contributed by atoms with Crippen molar-refractivity contribution < 1.29 is 8.42 Å². The normalized spacial score (nSPS) is 21.4. The third-order valence-electron chi connectivity index (χ3n) is 2.80. The molecular formula is C10H17N3O2S. The Labute approximate surface area is 95.9 Å². The smallest absolute Gasteiger partial charge is 0.242 e. The molecule has 90 valence electrons. The van der Waals surface area contributed by atoms with Crippen molar-refractivity contribution in [3.8, 4) is 0 Å². The van der Waals surface area contributed by atoms with Gasteiger partial charge in [0.05, 0.1) is 4.90 Å². The monoisotopic (exact) mass is 243 g/mol. The van der Waals surface area contributed by atoms with Crippen molar-refractivity contribution in [2.75, 3.05) is 13.1 Å². The minimum absolute atomic E-state index is 0.276. The molecule has 1 aromatic rings. The Bertz CT molecular complexity index is 446. The third-order valence-corrected chi connectivity index (χ3v) is 4.21. The summed E-state index contributed by atoms with van der Waals surface area (Å²) in [5.41, 5.74) is 0. The molecule has 2 heterocycles. The maximum Gasteiger partial charge on any atom is 0.242 e. The van der Waals surface area contributed by atoms with Crippen molar-refractivity contribution in [1.82, 2.24) is 14.6 Å². The Balaban J connectivity index is 1.97. The van der Waals surface area contributed by atoms with E-state index in [0.29, 0.717) is 11.4 Å². The van der Waals surface area contributed by atoms with Gasteiger partial charge in [-0.15, -0.1) is 0 Å². The summed E-state index contributed by atoms with van der Waals surface area (Å²) in [7, 11) is -1.53. The van der Waals surface area contributed by atoms with E-state index in [2.05, 4.69) is 10.0 Å². The minimum Gasteiger partial charge on any atom is -0.356 e. The van der Waals surface area contributed by atoms with E-state index in [-0.39, 0.29) is 6.04 Å². The summed E-state index contributed by atoms with van der Waals surface area (Å²) in [6, 6.07) is 1.88. The van der Waals surface area contributed by atoms with Crippen LogP contribution in [0.15, 0.2) is 23.4 Å². The number of hydrogen-bond donors (Lipinski definition) is 2. The van der Waals surface area contributed by atoms with Crippen molar-refractivity contribution in [2.45, 2.75) is 23.8 Å². The zero-order valence-corrected chi connectivity index (χ0v) is 10.1. The van der Waals surface area contributed by atoms with E-state index >= 15 is 0 Å². The molecule has 1 aliphatic rings. The third kappa shape index (κ3) is 2.63. The zero-order chi connectivity index (χ0) is 11.6. The Hall–Kier alpha value is -0.850. The minimum atomic E-state index is -3.34. The van der Waals surface area contributed by atoms with Crippen LogP contribution >= 0.6 is 0 Å². The van der Waals surface area contributed by atoms with Crippen molar-refractivity contribution in [1.29, 1.82) is 0 Å². The summed E-state index contributed by atoms with van der Waals surface area (Å²) in [4.78, 5) is 0.327. The predicted molar refractivity (Wildman–Crippen MR) is 61.6 cm³/mol. The molecule has 1 fully saturated rings. The van der Waals surface area contributed by atoms with Gasteiger partial charge in [0.15, 0.2) is 0 Å². The van der Waals surface area contributed by atoms with E-state index in [4.69, 9.17) is 0 Å². The van der Waals surface area contributed by atoms with E-state index in [1.54, 1.807) is 30.1 Å². The quantitative estimate of drug-likeness (QED) is 0.786. The van der Waals surface area contributed by atoms with Gasteiger partial charge in [-0.2, -0.15) is 0 Å². The highest BCUT2D eigenvalue weighted by molar-refractivity contribution is 7.89. The maximum absolute atomic E-state index is 11.8. The van der Waals surface area contributed by atoms with Crippen LogP contribution in [0.2, 0.25) is 0 Å². The Morgan fingerprint density at radius 3 is 3.00 bits per heavy atom. The number of nitrogens with zero attached hydrogens (tertiary/aromatic N) is 1. The Kier molecular flexibility index (Phi) is 3.32. The fraction of sp³-hybridized carbons (Fsp3) is 0.600. The van der Waals surface area contributed by atoms with Crippen LogP contribution in [0.4, 0.5) is 0 Å². The molecule has 1 aliphatic heterocycles. The van der Waals surface area contributed by atoms with E-state index < -0.39 is 10.0 Å². The Morgan fingerprint density at radius 1 is 1.62 bits per heavy atom. The van der Waals surface area contributed by atoms with Gasteiger partial charge in [0.1, 0.15) is 0 Å². The van der Waals surface area contributed by atoms with Crippen molar-refractivity contribution in [2.24, 2.45) is 7.05 Å². The molecule has 1 aromatic heterocycles. The van der Waals surface area contributed by atoms with Gasteiger partial charge < -0.3 is 9.88 Å². The highest BCUT2D eigenvalue weighted by atomic mass is 32.2. The largest absolute Gasteiger partial charge is 0.356 e. The van der Waals surface area contributed by atoms with Gasteiger partial charge in [0.2, 0.25) is 10.0 Å². The lowest BCUT2D eigenvalue weighted by Gasteiger charge is -2.10. The first-order valence-electron chi connectivity index (χ1n) is 5.43. The highest BCUT2D eigenvalue weighted by Gasteiger charge is 2.19. The molecule has 0 aromatic carbocycles. The second kappa shape index (κ2) is 4.57. The molecule has 0 saturated carbocycles. The van der Waals surface area contributed by atoms with Crippen LogP contribution in [-0.4, -0.2) is 32.1 Å². The zero-order valence-electron chi connectivity index (χ0n) is 9.31. The molecule has 0 spiro atoms.